The van der Waals surface area contributed by atoms with Crippen molar-refractivity contribution in [2.24, 2.45) is 5.92 Å². The van der Waals surface area contributed by atoms with Crippen LogP contribution in [0.1, 0.15) is 34.6 Å². The molecule has 0 aliphatic carbocycles. The molecule has 0 saturated carbocycles. The Bertz CT molecular complexity index is 450. The molecule has 0 saturated heterocycles. The van der Waals surface area contributed by atoms with Crippen molar-refractivity contribution in [2.75, 3.05) is 25.0 Å². The van der Waals surface area contributed by atoms with Crippen molar-refractivity contribution in [2.45, 2.75) is 40.2 Å². The topological polar surface area (TPSA) is 59.6 Å². The molecule has 5 heteroatoms. The number of carbonyl (C=O) groups excluding carboxylic acids is 1. The fourth-order valence-corrected chi connectivity index (χ4v) is 1.63. The van der Waals surface area contributed by atoms with Gasteiger partial charge in [0.25, 0.3) is 0 Å². The number of alkyl carbamates (subject to hydrolysis) is 1. The summed E-state index contributed by atoms with van der Waals surface area (Å²) >= 11 is 0. The molecule has 124 valence electrons. The van der Waals surface area contributed by atoms with E-state index in [-0.39, 0.29) is 0 Å². The maximum atomic E-state index is 11.4. The number of rotatable bonds is 7. The van der Waals surface area contributed by atoms with E-state index in [4.69, 9.17) is 9.47 Å². The Morgan fingerprint density at radius 3 is 2.36 bits per heavy atom. The number of hydrogen-bond donors (Lipinski definition) is 2. The molecule has 1 aromatic rings. The Morgan fingerprint density at radius 1 is 1.18 bits per heavy atom. The Labute approximate surface area is 133 Å². The number of amides is 1. The van der Waals surface area contributed by atoms with E-state index in [0.717, 1.165) is 18.0 Å². The monoisotopic (exact) mass is 308 g/mol. The van der Waals surface area contributed by atoms with E-state index in [1.165, 1.54) is 0 Å². The van der Waals surface area contributed by atoms with Crippen LogP contribution in [0.3, 0.4) is 0 Å². The van der Waals surface area contributed by atoms with Crippen LogP contribution in [0.2, 0.25) is 0 Å². The zero-order valence-electron chi connectivity index (χ0n) is 14.2. The normalized spacial score (nSPS) is 11.2. The first-order chi connectivity index (χ1) is 10.3. The highest BCUT2D eigenvalue weighted by Crippen LogP contribution is 2.15. The van der Waals surface area contributed by atoms with Crippen LogP contribution < -0.4 is 15.4 Å². The van der Waals surface area contributed by atoms with Gasteiger partial charge in [-0.25, -0.2) is 4.79 Å². The molecule has 0 atom stereocenters. The number of anilines is 1. The molecular weight excluding hydrogens is 280 g/mol. The molecule has 1 rings (SSSR count). The number of nitrogens with one attached hydrogen (secondary N) is 2. The minimum absolute atomic E-state index is 0.401. The lowest BCUT2D eigenvalue weighted by molar-refractivity contribution is 0.0520. The van der Waals surface area contributed by atoms with Gasteiger partial charge in [-0.2, -0.15) is 0 Å². The summed E-state index contributed by atoms with van der Waals surface area (Å²) in [5.41, 5.74) is 0.594. The van der Waals surface area contributed by atoms with Crippen LogP contribution in [0.15, 0.2) is 24.3 Å². The Balaban J connectivity index is 2.24. The van der Waals surface area contributed by atoms with Gasteiger partial charge in [0.05, 0.1) is 6.54 Å². The molecular formula is C17H28N2O3. The van der Waals surface area contributed by atoms with Gasteiger partial charge >= 0.3 is 6.09 Å². The lowest BCUT2D eigenvalue weighted by atomic mass is 10.2. The van der Waals surface area contributed by atoms with Crippen molar-refractivity contribution in [1.29, 1.82) is 0 Å². The summed E-state index contributed by atoms with van der Waals surface area (Å²) in [5, 5.41) is 6.00. The minimum atomic E-state index is -0.482. The molecule has 0 aliphatic rings. The smallest absolute Gasteiger partial charge is 0.407 e. The predicted octanol–water partition coefficient (Wildman–Crippen LogP) is 3.66. The van der Waals surface area contributed by atoms with E-state index in [1.54, 1.807) is 0 Å². The van der Waals surface area contributed by atoms with Crippen LogP contribution in [0.5, 0.6) is 5.75 Å². The maximum absolute atomic E-state index is 11.4. The highest BCUT2D eigenvalue weighted by Gasteiger charge is 2.15. The van der Waals surface area contributed by atoms with Crippen molar-refractivity contribution in [3.8, 4) is 5.75 Å². The molecule has 0 aromatic heterocycles. The fourth-order valence-electron chi connectivity index (χ4n) is 1.63. The number of hydrogen-bond acceptors (Lipinski definition) is 4. The first kappa shape index (κ1) is 18.1. The van der Waals surface area contributed by atoms with Crippen molar-refractivity contribution in [1.82, 2.24) is 5.32 Å². The summed E-state index contributed by atoms with van der Waals surface area (Å²) in [6, 6.07) is 7.80. The van der Waals surface area contributed by atoms with Gasteiger partial charge < -0.3 is 20.1 Å². The molecule has 5 nitrogen and oxygen atoms in total. The van der Waals surface area contributed by atoms with E-state index in [9.17, 15) is 4.79 Å². The van der Waals surface area contributed by atoms with Crippen LogP contribution in [0.4, 0.5) is 10.5 Å². The second kappa shape index (κ2) is 8.51. The molecule has 0 aliphatic heterocycles. The quantitative estimate of drug-likeness (QED) is 0.755. The third-order valence-corrected chi connectivity index (χ3v) is 2.61. The van der Waals surface area contributed by atoms with Crippen LogP contribution in [-0.2, 0) is 4.74 Å². The SMILES string of the molecule is CC(C)CNc1ccc(OCCNC(=O)OC(C)(C)C)cc1. The molecule has 0 radical (unpaired) electrons. The summed E-state index contributed by atoms with van der Waals surface area (Å²) in [7, 11) is 0. The van der Waals surface area contributed by atoms with Gasteiger partial charge in [-0.3, -0.25) is 0 Å². The van der Waals surface area contributed by atoms with Gasteiger partial charge in [0.15, 0.2) is 0 Å². The summed E-state index contributed by atoms with van der Waals surface area (Å²) in [5.74, 6) is 1.39. The fraction of sp³-hybridized carbons (Fsp3) is 0.588. The van der Waals surface area contributed by atoms with Gasteiger partial charge in [0, 0.05) is 12.2 Å². The first-order valence-electron chi connectivity index (χ1n) is 7.70. The largest absolute Gasteiger partial charge is 0.492 e. The Kier molecular flexibility index (Phi) is 7.02. The highest BCUT2D eigenvalue weighted by molar-refractivity contribution is 5.67. The second-order valence-electron chi connectivity index (χ2n) is 6.58. The van der Waals surface area contributed by atoms with Crippen molar-refractivity contribution < 1.29 is 14.3 Å². The molecule has 0 spiro atoms. The van der Waals surface area contributed by atoms with Gasteiger partial charge in [0.1, 0.15) is 18.0 Å². The van der Waals surface area contributed by atoms with Crippen molar-refractivity contribution in [3.05, 3.63) is 24.3 Å². The molecule has 1 amide bonds. The third kappa shape index (κ3) is 8.39. The molecule has 0 heterocycles. The lowest BCUT2D eigenvalue weighted by Gasteiger charge is -2.19. The summed E-state index contributed by atoms with van der Waals surface area (Å²) in [4.78, 5) is 11.4. The van der Waals surface area contributed by atoms with Crippen LogP contribution >= 0.6 is 0 Å². The molecule has 1 aromatic carbocycles. The van der Waals surface area contributed by atoms with E-state index in [2.05, 4.69) is 24.5 Å². The van der Waals surface area contributed by atoms with E-state index < -0.39 is 11.7 Å². The first-order valence-corrected chi connectivity index (χ1v) is 7.70. The summed E-state index contributed by atoms with van der Waals surface area (Å²) in [6.45, 7) is 11.6. The average molecular weight is 308 g/mol. The average Bonchev–Trinajstić information content (AvgIpc) is 2.40. The lowest BCUT2D eigenvalue weighted by Crippen LogP contribution is -2.34. The highest BCUT2D eigenvalue weighted by atomic mass is 16.6. The van der Waals surface area contributed by atoms with E-state index in [0.29, 0.717) is 19.1 Å². The molecule has 0 bridgehead atoms. The van der Waals surface area contributed by atoms with E-state index in [1.807, 2.05) is 45.0 Å². The molecule has 0 unspecified atom stereocenters. The van der Waals surface area contributed by atoms with E-state index >= 15 is 0 Å². The Morgan fingerprint density at radius 2 is 1.82 bits per heavy atom. The summed E-state index contributed by atoms with van der Waals surface area (Å²) in [6.07, 6.45) is -0.427. The van der Waals surface area contributed by atoms with Crippen LogP contribution in [-0.4, -0.2) is 31.4 Å². The number of carbonyl (C=O) groups is 1. The van der Waals surface area contributed by atoms with Crippen molar-refractivity contribution >= 4 is 11.8 Å². The van der Waals surface area contributed by atoms with Gasteiger partial charge in [-0.15, -0.1) is 0 Å². The van der Waals surface area contributed by atoms with Crippen molar-refractivity contribution in [3.63, 3.8) is 0 Å². The zero-order chi connectivity index (χ0) is 16.6. The maximum Gasteiger partial charge on any atom is 0.407 e. The minimum Gasteiger partial charge on any atom is -0.492 e. The summed E-state index contributed by atoms with van der Waals surface area (Å²) < 4.78 is 10.7. The Hall–Kier alpha value is -1.91. The van der Waals surface area contributed by atoms with Gasteiger partial charge in [-0.05, 0) is 51.0 Å². The number of benzene rings is 1. The second-order valence-corrected chi connectivity index (χ2v) is 6.58. The third-order valence-electron chi connectivity index (χ3n) is 2.61. The standard InChI is InChI=1S/C17H28N2O3/c1-13(2)12-19-14-6-8-15(9-7-14)21-11-10-18-16(20)22-17(3,4)5/h6-9,13,19H,10-12H2,1-5H3,(H,18,20). The zero-order valence-corrected chi connectivity index (χ0v) is 14.2. The molecule has 2 N–H and O–H groups in total. The molecule has 0 fully saturated rings. The van der Waals surface area contributed by atoms with Gasteiger partial charge in [-0.1, -0.05) is 13.8 Å². The van der Waals surface area contributed by atoms with Gasteiger partial charge in [0.2, 0.25) is 0 Å². The van der Waals surface area contributed by atoms with Crippen LogP contribution in [0.25, 0.3) is 0 Å². The van der Waals surface area contributed by atoms with Crippen LogP contribution in [0, 0.1) is 5.92 Å². The predicted molar refractivity (Wildman–Crippen MR) is 89.5 cm³/mol. The number of ether oxygens (including phenoxy) is 2. The molecule has 22 heavy (non-hydrogen) atoms.